The second-order valence-corrected chi connectivity index (χ2v) is 9.00. The quantitative estimate of drug-likeness (QED) is 0.557. The van der Waals surface area contributed by atoms with Gasteiger partial charge in [-0.15, -0.1) is 0 Å². The van der Waals surface area contributed by atoms with Crippen molar-refractivity contribution in [1.29, 1.82) is 0 Å². The van der Waals surface area contributed by atoms with Gasteiger partial charge in [0.2, 0.25) is 5.95 Å². The van der Waals surface area contributed by atoms with E-state index in [9.17, 15) is 4.39 Å². The summed E-state index contributed by atoms with van der Waals surface area (Å²) in [4.78, 5) is 12.7. The summed E-state index contributed by atoms with van der Waals surface area (Å²) in [5, 5.41) is 0.394. The average molecular weight is 464 g/mol. The maximum Gasteiger partial charge on any atom is 0.256 e. The molecule has 5 heterocycles. The Morgan fingerprint density at radius 1 is 1.09 bits per heavy atom. The number of fused-ring (bicyclic) bond motifs is 4. The van der Waals surface area contributed by atoms with Crippen molar-refractivity contribution >= 4 is 22.5 Å². The minimum atomic E-state index is -0.985. The molecule has 0 saturated carbocycles. The number of aromatic nitrogens is 2. The maximum atomic E-state index is 15.3. The molecule has 1 atom stereocenters. The number of ether oxygens (including phenoxy) is 2. The predicted octanol–water partition coefficient (Wildman–Crippen LogP) is 4.64. The van der Waals surface area contributed by atoms with Crippen molar-refractivity contribution in [2.45, 2.75) is 12.0 Å². The lowest BCUT2D eigenvalue weighted by molar-refractivity contribution is 0.164. The van der Waals surface area contributed by atoms with Crippen LogP contribution in [0.1, 0.15) is 23.2 Å². The van der Waals surface area contributed by atoms with E-state index in [1.807, 2.05) is 18.2 Å². The Morgan fingerprint density at radius 3 is 2.76 bits per heavy atom. The molecule has 166 valence electrons. The first-order valence-electron chi connectivity index (χ1n) is 10.4. The third-order valence-corrected chi connectivity index (χ3v) is 7.00. The van der Waals surface area contributed by atoms with Crippen molar-refractivity contribution in [2.24, 2.45) is 10.7 Å². The smallest absolute Gasteiger partial charge is 0.256 e. The van der Waals surface area contributed by atoms with Gasteiger partial charge in [0.15, 0.2) is 10.9 Å². The first-order chi connectivity index (χ1) is 16.0. The molecule has 0 saturated heterocycles. The molecule has 0 fully saturated rings. The van der Waals surface area contributed by atoms with Gasteiger partial charge in [-0.25, -0.2) is 15.0 Å². The monoisotopic (exact) mass is 464 g/mol. The highest BCUT2D eigenvalue weighted by molar-refractivity contribution is 8.14. The zero-order chi connectivity index (χ0) is 22.6. The van der Waals surface area contributed by atoms with Crippen LogP contribution in [-0.4, -0.2) is 34.1 Å². The van der Waals surface area contributed by atoms with Gasteiger partial charge >= 0.3 is 0 Å². The number of aliphatic imine (C=N–C) groups is 1. The van der Waals surface area contributed by atoms with Crippen LogP contribution in [0.25, 0.3) is 16.7 Å². The molecular formula is C24H18F2N4O2S. The number of amidine groups is 1. The molecule has 0 aliphatic carbocycles. The van der Waals surface area contributed by atoms with Crippen LogP contribution in [0.5, 0.6) is 11.5 Å². The van der Waals surface area contributed by atoms with Crippen molar-refractivity contribution < 1.29 is 18.3 Å². The SMILES string of the molecule is NC1=NC2(CS1)c1cc(-c3cccnc3F)ccc1Oc1c2cc(C2=CCCOC2)nc1F. The summed E-state index contributed by atoms with van der Waals surface area (Å²) in [6.45, 7) is 0.989. The molecule has 2 N–H and O–H groups in total. The second-order valence-electron chi connectivity index (χ2n) is 8.00. The Kier molecular flexibility index (Phi) is 4.70. The number of halogens is 2. The highest BCUT2D eigenvalue weighted by Crippen LogP contribution is 2.54. The average Bonchev–Trinajstić information content (AvgIpc) is 3.23. The van der Waals surface area contributed by atoms with Crippen molar-refractivity contribution in [3.05, 3.63) is 77.4 Å². The van der Waals surface area contributed by atoms with Crippen LogP contribution in [0, 0.1) is 11.9 Å². The van der Waals surface area contributed by atoms with Gasteiger partial charge in [0.25, 0.3) is 5.95 Å². The van der Waals surface area contributed by atoms with Crippen molar-refractivity contribution in [1.82, 2.24) is 9.97 Å². The first-order valence-corrected chi connectivity index (χ1v) is 11.4. The molecule has 3 aliphatic rings. The molecule has 0 radical (unpaired) electrons. The number of nitrogens with two attached hydrogens (primary N) is 1. The zero-order valence-corrected chi connectivity index (χ0v) is 18.2. The van der Waals surface area contributed by atoms with E-state index in [1.54, 1.807) is 24.3 Å². The van der Waals surface area contributed by atoms with E-state index in [-0.39, 0.29) is 5.75 Å². The summed E-state index contributed by atoms with van der Waals surface area (Å²) in [6, 6.07) is 10.4. The van der Waals surface area contributed by atoms with E-state index in [2.05, 4.69) is 9.97 Å². The van der Waals surface area contributed by atoms with Crippen LogP contribution in [0.2, 0.25) is 0 Å². The Morgan fingerprint density at radius 2 is 2.00 bits per heavy atom. The second kappa shape index (κ2) is 7.64. The van der Waals surface area contributed by atoms with Crippen LogP contribution < -0.4 is 10.5 Å². The van der Waals surface area contributed by atoms with E-state index in [1.165, 1.54) is 18.0 Å². The lowest BCUT2D eigenvalue weighted by Gasteiger charge is -2.35. The van der Waals surface area contributed by atoms with Gasteiger partial charge in [0.05, 0.1) is 18.9 Å². The molecule has 2 aromatic heterocycles. The number of rotatable bonds is 2. The lowest BCUT2D eigenvalue weighted by Crippen LogP contribution is -2.31. The normalized spacial score (nSPS) is 21.2. The summed E-state index contributed by atoms with van der Waals surface area (Å²) < 4.78 is 41.2. The maximum absolute atomic E-state index is 15.3. The van der Waals surface area contributed by atoms with Crippen molar-refractivity contribution in [3.63, 3.8) is 0 Å². The molecule has 1 unspecified atom stereocenters. The van der Waals surface area contributed by atoms with Crippen LogP contribution in [-0.2, 0) is 10.3 Å². The standard InChI is InChI=1S/C24H18F2N4O2S/c25-21-15(4-1-7-28-21)13-5-6-19-16(9-13)24(12-33-23(27)30-24)17-10-18(14-3-2-8-31-11-14)29-22(26)20(17)32-19/h1,3-7,9-10H,2,8,11-12H2,(H2,27,30). The highest BCUT2D eigenvalue weighted by atomic mass is 32.2. The molecule has 1 spiro atoms. The topological polar surface area (TPSA) is 82.6 Å². The fourth-order valence-electron chi connectivity index (χ4n) is 4.48. The van der Waals surface area contributed by atoms with Crippen LogP contribution in [0.3, 0.4) is 0 Å². The Hall–Kier alpha value is -3.30. The van der Waals surface area contributed by atoms with Gasteiger partial charge in [0.1, 0.15) is 11.3 Å². The van der Waals surface area contributed by atoms with Crippen LogP contribution in [0.15, 0.2) is 53.7 Å². The van der Waals surface area contributed by atoms with Gasteiger partial charge in [0, 0.05) is 28.6 Å². The number of thioether (sulfide) groups is 1. The first kappa shape index (κ1) is 20.3. The number of nitrogens with zero attached hydrogens (tertiary/aromatic N) is 3. The third kappa shape index (κ3) is 3.22. The third-order valence-electron chi connectivity index (χ3n) is 6.05. The summed E-state index contributed by atoms with van der Waals surface area (Å²) in [7, 11) is 0. The largest absolute Gasteiger partial charge is 0.452 e. The van der Waals surface area contributed by atoms with Crippen LogP contribution in [0.4, 0.5) is 8.78 Å². The molecule has 6 nitrogen and oxygen atoms in total. The van der Waals surface area contributed by atoms with Gasteiger partial charge in [-0.3, -0.25) is 0 Å². The lowest BCUT2D eigenvalue weighted by atomic mass is 9.80. The summed E-state index contributed by atoms with van der Waals surface area (Å²) in [5.74, 6) is -0.368. The van der Waals surface area contributed by atoms with E-state index in [4.69, 9.17) is 20.2 Å². The van der Waals surface area contributed by atoms with E-state index in [0.717, 1.165) is 12.0 Å². The minimum absolute atomic E-state index is 0.0305. The van der Waals surface area contributed by atoms with Crippen LogP contribution >= 0.6 is 11.8 Å². The molecule has 9 heteroatoms. The number of hydrogen-bond acceptors (Lipinski definition) is 7. The Bertz CT molecular complexity index is 1360. The highest BCUT2D eigenvalue weighted by Gasteiger charge is 2.47. The molecule has 3 aliphatic heterocycles. The Balaban J connectivity index is 1.57. The van der Waals surface area contributed by atoms with Crippen molar-refractivity contribution in [2.75, 3.05) is 19.0 Å². The Labute approximate surface area is 192 Å². The summed E-state index contributed by atoms with van der Waals surface area (Å²) in [6.07, 6.45) is 4.14. The molecule has 0 amide bonds. The zero-order valence-electron chi connectivity index (χ0n) is 17.3. The van der Waals surface area contributed by atoms with Gasteiger partial charge in [-0.2, -0.15) is 8.78 Å². The van der Waals surface area contributed by atoms with Crippen molar-refractivity contribution in [3.8, 4) is 22.6 Å². The molecule has 1 aromatic carbocycles. The molecular weight excluding hydrogens is 446 g/mol. The van der Waals surface area contributed by atoms with E-state index < -0.39 is 17.4 Å². The van der Waals surface area contributed by atoms with E-state index >= 15 is 4.39 Å². The fraction of sp³-hybridized carbons (Fsp3) is 0.208. The molecule has 3 aromatic rings. The number of benzene rings is 1. The van der Waals surface area contributed by atoms with Gasteiger partial charge in [-0.05, 0) is 47.9 Å². The van der Waals surface area contributed by atoms with Gasteiger partial charge < -0.3 is 15.2 Å². The number of hydrogen-bond donors (Lipinski definition) is 1. The molecule has 33 heavy (non-hydrogen) atoms. The predicted molar refractivity (Wildman–Crippen MR) is 122 cm³/mol. The van der Waals surface area contributed by atoms with Gasteiger partial charge in [-0.1, -0.05) is 23.9 Å². The number of pyridine rings is 2. The molecule has 0 bridgehead atoms. The summed E-state index contributed by atoms with van der Waals surface area (Å²) >= 11 is 1.39. The fourth-order valence-corrected chi connectivity index (χ4v) is 5.43. The summed E-state index contributed by atoms with van der Waals surface area (Å²) in [5.41, 5.74) is 8.63. The minimum Gasteiger partial charge on any atom is -0.452 e. The molecule has 6 rings (SSSR count). The van der Waals surface area contributed by atoms with E-state index in [0.29, 0.717) is 57.8 Å².